The predicted octanol–water partition coefficient (Wildman–Crippen LogP) is 1.81. The zero-order valence-corrected chi connectivity index (χ0v) is 9.90. The maximum atomic E-state index is 13.4. The van der Waals surface area contributed by atoms with E-state index in [2.05, 4.69) is 15.5 Å². The number of nitrogens with zero attached hydrogens (tertiary/aromatic N) is 1. The number of benzene rings is 1. The molecule has 0 aliphatic heterocycles. The maximum Gasteiger partial charge on any atom is 0.354 e. The van der Waals surface area contributed by atoms with Crippen LogP contribution in [0.4, 0.5) is 10.2 Å². The molecule has 98 valence electrons. The number of nitrogens with one attached hydrogen (secondary N) is 2. The SMILES string of the molecule is Cc1c(NC(=O)c2ccccc2F)n[nH]c1C(=O)O. The van der Waals surface area contributed by atoms with Gasteiger partial charge in [-0.2, -0.15) is 5.10 Å². The third kappa shape index (κ3) is 2.44. The summed E-state index contributed by atoms with van der Waals surface area (Å²) >= 11 is 0. The van der Waals surface area contributed by atoms with Crippen molar-refractivity contribution in [2.24, 2.45) is 0 Å². The van der Waals surface area contributed by atoms with Crippen LogP contribution >= 0.6 is 0 Å². The van der Waals surface area contributed by atoms with Gasteiger partial charge in [-0.25, -0.2) is 9.18 Å². The molecule has 0 atom stereocenters. The predicted molar refractivity (Wildman–Crippen MR) is 64.6 cm³/mol. The van der Waals surface area contributed by atoms with Crippen molar-refractivity contribution in [3.05, 3.63) is 46.9 Å². The topological polar surface area (TPSA) is 95.1 Å². The highest BCUT2D eigenvalue weighted by Crippen LogP contribution is 2.16. The highest BCUT2D eigenvalue weighted by Gasteiger charge is 2.18. The minimum Gasteiger partial charge on any atom is -0.477 e. The summed E-state index contributed by atoms with van der Waals surface area (Å²) in [6.45, 7) is 1.49. The minimum atomic E-state index is -1.18. The number of carboxylic acids is 1. The zero-order valence-electron chi connectivity index (χ0n) is 9.90. The largest absolute Gasteiger partial charge is 0.477 e. The van der Waals surface area contributed by atoms with Crippen molar-refractivity contribution in [3.63, 3.8) is 0 Å². The van der Waals surface area contributed by atoms with Crippen LogP contribution in [-0.2, 0) is 0 Å². The number of carbonyl (C=O) groups excluding carboxylic acids is 1. The van der Waals surface area contributed by atoms with Gasteiger partial charge in [0.25, 0.3) is 5.91 Å². The minimum absolute atomic E-state index is 0.0608. The van der Waals surface area contributed by atoms with Crippen LogP contribution in [0.2, 0.25) is 0 Å². The monoisotopic (exact) mass is 263 g/mol. The van der Waals surface area contributed by atoms with E-state index < -0.39 is 17.7 Å². The van der Waals surface area contributed by atoms with Crippen LogP contribution in [0.5, 0.6) is 0 Å². The molecule has 0 spiro atoms. The number of carbonyl (C=O) groups is 2. The lowest BCUT2D eigenvalue weighted by atomic mass is 10.2. The maximum absolute atomic E-state index is 13.4. The molecule has 7 heteroatoms. The number of aromatic amines is 1. The molecule has 0 aliphatic carbocycles. The molecule has 1 aromatic heterocycles. The van der Waals surface area contributed by atoms with Crippen molar-refractivity contribution in [3.8, 4) is 0 Å². The first-order valence-electron chi connectivity index (χ1n) is 5.35. The van der Waals surface area contributed by atoms with Gasteiger partial charge in [0, 0.05) is 5.56 Å². The average molecular weight is 263 g/mol. The van der Waals surface area contributed by atoms with Gasteiger partial charge in [-0.3, -0.25) is 9.89 Å². The second-order valence-electron chi connectivity index (χ2n) is 3.81. The Labute approximate surface area is 107 Å². The summed E-state index contributed by atoms with van der Waals surface area (Å²) < 4.78 is 13.4. The average Bonchev–Trinajstić information content (AvgIpc) is 2.71. The molecule has 2 aromatic rings. The second kappa shape index (κ2) is 4.89. The molecule has 0 saturated heterocycles. The van der Waals surface area contributed by atoms with Crippen molar-refractivity contribution in [1.29, 1.82) is 0 Å². The smallest absolute Gasteiger partial charge is 0.354 e. The first-order chi connectivity index (χ1) is 9.00. The van der Waals surface area contributed by atoms with Crippen LogP contribution in [0.3, 0.4) is 0 Å². The van der Waals surface area contributed by atoms with Crippen molar-refractivity contribution in [2.45, 2.75) is 6.92 Å². The van der Waals surface area contributed by atoms with E-state index in [9.17, 15) is 14.0 Å². The summed E-state index contributed by atoms with van der Waals surface area (Å²) in [5, 5.41) is 17.1. The van der Waals surface area contributed by atoms with E-state index in [-0.39, 0.29) is 22.6 Å². The van der Waals surface area contributed by atoms with E-state index in [4.69, 9.17) is 5.11 Å². The molecule has 0 radical (unpaired) electrons. The third-order valence-corrected chi connectivity index (χ3v) is 2.57. The summed E-state index contributed by atoms with van der Waals surface area (Å²) in [6.07, 6.45) is 0. The van der Waals surface area contributed by atoms with Gasteiger partial charge in [-0.1, -0.05) is 12.1 Å². The quantitative estimate of drug-likeness (QED) is 0.787. The Morgan fingerprint density at radius 2 is 2.05 bits per heavy atom. The van der Waals surface area contributed by atoms with Crippen LogP contribution in [0, 0.1) is 12.7 Å². The fourth-order valence-electron chi connectivity index (χ4n) is 1.55. The Kier molecular flexibility index (Phi) is 3.28. The lowest BCUT2D eigenvalue weighted by molar-refractivity contribution is 0.0689. The molecule has 0 aliphatic rings. The molecule has 19 heavy (non-hydrogen) atoms. The van der Waals surface area contributed by atoms with Crippen LogP contribution in [0.1, 0.15) is 26.4 Å². The molecular weight excluding hydrogens is 253 g/mol. The van der Waals surface area contributed by atoms with Crippen molar-refractivity contribution in [1.82, 2.24) is 10.2 Å². The molecule has 2 rings (SSSR count). The lowest BCUT2D eigenvalue weighted by Gasteiger charge is -2.04. The molecule has 0 bridgehead atoms. The summed E-state index contributed by atoms with van der Waals surface area (Å²) in [5.41, 5.74) is 0.0165. The molecule has 1 aromatic carbocycles. The summed E-state index contributed by atoms with van der Waals surface area (Å²) in [4.78, 5) is 22.6. The number of aromatic carboxylic acids is 1. The molecule has 1 heterocycles. The van der Waals surface area contributed by atoms with Gasteiger partial charge in [0.2, 0.25) is 0 Å². The standard InChI is InChI=1S/C12H10FN3O3/c1-6-9(12(18)19)15-16-10(6)14-11(17)7-4-2-3-5-8(7)13/h2-5H,1H3,(H,18,19)(H2,14,15,16,17). The van der Waals surface area contributed by atoms with Gasteiger partial charge < -0.3 is 10.4 Å². The van der Waals surface area contributed by atoms with Crippen molar-refractivity contribution < 1.29 is 19.1 Å². The van der Waals surface area contributed by atoms with E-state index in [1.165, 1.54) is 25.1 Å². The molecule has 6 nitrogen and oxygen atoms in total. The van der Waals surface area contributed by atoms with Crippen molar-refractivity contribution in [2.75, 3.05) is 5.32 Å². The van der Waals surface area contributed by atoms with Gasteiger partial charge in [0.15, 0.2) is 5.82 Å². The summed E-state index contributed by atoms with van der Waals surface area (Å²) in [7, 11) is 0. The third-order valence-electron chi connectivity index (χ3n) is 2.57. The fourth-order valence-corrected chi connectivity index (χ4v) is 1.55. The first-order valence-corrected chi connectivity index (χ1v) is 5.35. The van der Waals surface area contributed by atoms with Gasteiger partial charge in [-0.05, 0) is 19.1 Å². The highest BCUT2D eigenvalue weighted by molar-refractivity contribution is 6.04. The van der Waals surface area contributed by atoms with Crippen LogP contribution in [-0.4, -0.2) is 27.2 Å². The number of hydrogen-bond donors (Lipinski definition) is 3. The normalized spacial score (nSPS) is 10.2. The summed E-state index contributed by atoms with van der Waals surface area (Å²) in [6, 6.07) is 5.48. The molecule has 3 N–H and O–H groups in total. The van der Waals surface area contributed by atoms with E-state index in [0.29, 0.717) is 0 Å². The Morgan fingerprint density at radius 1 is 1.37 bits per heavy atom. The van der Waals surface area contributed by atoms with E-state index in [1.807, 2.05) is 0 Å². The Hall–Kier alpha value is -2.70. The van der Waals surface area contributed by atoms with E-state index in [1.54, 1.807) is 0 Å². The van der Waals surface area contributed by atoms with Gasteiger partial charge in [0.1, 0.15) is 11.5 Å². The Balaban J connectivity index is 2.25. The Morgan fingerprint density at radius 3 is 2.63 bits per heavy atom. The number of amides is 1. The molecule has 0 fully saturated rings. The second-order valence-corrected chi connectivity index (χ2v) is 3.81. The Bertz CT molecular complexity index is 651. The molecule has 0 saturated carbocycles. The number of carboxylic acid groups (broad SMARTS) is 1. The van der Waals surface area contributed by atoms with Crippen LogP contribution in [0.25, 0.3) is 0 Å². The zero-order chi connectivity index (χ0) is 14.0. The molecule has 1 amide bonds. The highest BCUT2D eigenvalue weighted by atomic mass is 19.1. The van der Waals surface area contributed by atoms with Gasteiger partial charge in [-0.15, -0.1) is 0 Å². The molecule has 0 unspecified atom stereocenters. The fraction of sp³-hybridized carbons (Fsp3) is 0.0833. The molecular formula is C12H10FN3O3. The number of halogens is 1. The first kappa shape index (κ1) is 12.7. The van der Waals surface area contributed by atoms with Crippen molar-refractivity contribution >= 4 is 17.7 Å². The summed E-state index contributed by atoms with van der Waals surface area (Å²) in [5.74, 6) is -2.47. The number of aromatic nitrogens is 2. The number of hydrogen-bond acceptors (Lipinski definition) is 3. The van der Waals surface area contributed by atoms with Crippen LogP contribution in [0.15, 0.2) is 24.3 Å². The van der Waals surface area contributed by atoms with Crippen LogP contribution < -0.4 is 5.32 Å². The van der Waals surface area contributed by atoms with Gasteiger partial charge in [0.05, 0.1) is 5.56 Å². The lowest BCUT2D eigenvalue weighted by Crippen LogP contribution is -2.14. The number of rotatable bonds is 3. The van der Waals surface area contributed by atoms with Gasteiger partial charge >= 0.3 is 5.97 Å². The van der Waals surface area contributed by atoms with E-state index >= 15 is 0 Å². The number of anilines is 1. The number of H-pyrrole nitrogens is 1. The van der Waals surface area contributed by atoms with E-state index in [0.717, 1.165) is 6.07 Å².